The second-order valence-electron chi connectivity index (χ2n) is 8.18. The van der Waals surface area contributed by atoms with Gasteiger partial charge in [0.25, 0.3) is 0 Å². The van der Waals surface area contributed by atoms with Gasteiger partial charge >= 0.3 is 0 Å². The number of carbonyl (C=O) groups excluding carboxylic acids is 2. The summed E-state index contributed by atoms with van der Waals surface area (Å²) < 4.78 is 0. The number of aliphatic hydroxyl groups excluding tert-OH is 1. The Balaban J connectivity index is 1.78. The molecule has 0 aliphatic rings. The number of likely N-dealkylation sites (N-methyl/N-ethyl adjacent to an activating group) is 2. The summed E-state index contributed by atoms with van der Waals surface area (Å²) in [7, 11) is 3.48. The van der Waals surface area contributed by atoms with E-state index >= 15 is 0 Å². The van der Waals surface area contributed by atoms with E-state index < -0.39 is 12.1 Å². The van der Waals surface area contributed by atoms with Gasteiger partial charge in [-0.05, 0) is 48.2 Å². The minimum Gasteiger partial charge on any atom is -0.396 e. The summed E-state index contributed by atoms with van der Waals surface area (Å²) in [6, 6.07) is 23.1. The van der Waals surface area contributed by atoms with E-state index in [1.54, 1.807) is 19.0 Å². The number of nitrogens with zero attached hydrogens (tertiary/aromatic N) is 1. The molecule has 5 heteroatoms. The van der Waals surface area contributed by atoms with Gasteiger partial charge < -0.3 is 15.3 Å². The van der Waals surface area contributed by atoms with Crippen molar-refractivity contribution in [2.45, 2.75) is 37.8 Å². The Bertz CT molecular complexity index is 1040. The molecule has 0 fully saturated rings. The van der Waals surface area contributed by atoms with Crippen molar-refractivity contribution in [2.24, 2.45) is 0 Å². The molecule has 32 heavy (non-hydrogen) atoms. The third-order valence-electron chi connectivity index (χ3n) is 5.94. The molecule has 0 aliphatic carbocycles. The maximum atomic E-state index is 13.4. The molecule has 0 saturated carbocycles. The van der Waals surface area contributed by atoms with E-state index in [9.17, 15) is 9.59 Å². The smallest absolute Gasteiger partial charge is 0.240 e. The van der Waals surface area contributed by atoms with E-state index in [-0.39, 0.29) is 24.7 Å². The van der Waals surface area contributed by atoms with Crippen LogP contribution in [0.2, 0.25) is 0 Å². The Labute approximate surface area is 190 Å². The van der Waals surface area contributed by atoms with E-state index in [1.807, 2.05) is 48.5 Å². The Morgan fingerprint density at radius 3 is 2.28 bits per heavy atom. The van der Waals surface area contributed by atoms with E-state index in [0.29, 0.717) is 19.3 Å². The molecular formula is C27H32N2O3. The SMILES string of the molecule is CN[C@H](Cc1ccc2ccccc2c1)C(=O)N(C)[C@H](Cc1ccccc1)C(=O)CCCO. The van der Waals surface area contributed by atoms with Gasteiger partial charge in [-0.15, -0.1) is 0 Å². The highest BCUT2D eigenvalue weighted by Crippen LogP contribution is 2.18. The Kier molecular flexibility index (Phi) is 8.54. The fourth-order valence-electron chi connectivity index (χ4n) is 4.04. The molecule has 1 amide bonds. The molecule has 168 valence electrons. The molecular weight excluding hydrogens is 400 g/mol. The van der Waals surface area contributed by atoms with Crippen LogP contribution >= 0.6 is 0 Å². The number of benzene rings is 3. The summed E-state index contributed by atoms with van der Waals surface area (Å²) in [5.74, 6) is -0.141. The Morgan fingerprint density at radius 2 is 1.59 bits per heavy atom. The lowest BCUT2D eigenvalue weighted by Crippen LogP contribution is -2.51. The number of carbonyl (C=O) groups is 2. The zero-order chi connectivity index (χ0) is 22.9. The van der Waals surface area contributed by atoms with Crippen LogP contribution in [-0.4, -0.2) is 54.5 Å². The largest absolute Gasteiger partial charge is 0.396 e. The zero-order valence-electron chi connectivity index (χ0n) is 18.8. The fourth-order valence-corrected chi connectivity index (χ4v) is 4.04. The van der Waals surface area contributed by atoms with Gasteiger partial charge in [0.15, 0.2) is 5.78 Å². The van der Waals surface area contributed by atoms with E-state index in [1.165, 1.54) is 0 Å². The summed E-state index contributed by atoms with van der Waals surface area (Å²) in [6.45, 7) is -0.0391. The molecule has 0 aliphatic heterocycles. The van der Waals surface area contributed by atoms with E-state index in [4.69, 9.17) is 5.11 Å². The van der Waals surface area contributed by atoms with E-state index in [0.717, 1.165) is 21.9 Å². The highest BCUT2D eigenvalue weighted by Gasteiger charge is 2.30. The van der Waals surface area contributed by atoms with Gasteiger partial charge in [0.2, 0.25) is 5.91 Å². The molecule has 2 atom stereocenters. The first-order chi connectivity index (χ1) is 15.5. The maximum absolute atomic E-state index is 13.4. The number of Topliss-reactive ketones (excluding diaryl/α,β-unsaturated/α-hetero) is 1. The number of nitrogens with one attached hydrogen (secondary N) is 1. The lowest BCUT2D eigenvalue weighted by Gasteiger charge is -2.31. The quantitative estimate of drug-likeness (QED) is 0.487. The third-order valence-corrected chi connectivity index (χ3v) is 5.94. The first-order valence-electron chi connectivity index (χ1n) is 11.1. The van der Waals surface area contributed by atoms with Crippen molar-refractivity contribution in [1.82, 2.24) is 10.2 Å². The highest BCUT2D eigenvalue weighted by atomic mass is 16.3. The van der Waals surface area contributed by atoms with Crippen LogP contribution in [0.3, 0.4) is 0 Å². The summed E-state index contributed by atoms with van der Waals surface area (Å²) in [4.78, 5) is 27.9. The van der Waals surface area contributed by atoms with Crippen molar-refractivity contribution in [3.8, 4) is 0 Å². The normalized spacial score (nSPS) is 13.0. The topological polar surface area (TPSA) is 69.6 Å². The number of ketones is 1. The molecule has 0 radical (unpaired) electrons. The molecule has 0 aromatic heterocycles. The monoisotopic (exact) mass is 432 g/mol. The second-order valence-corrected chi connectivity index (χ2v) is 8.18. The van der Waals surface area contributed by atoms with Gasteiger partial charge in [0.1, 0.15) is 0 Å². The standard InChI is InChI=1S/C27H32N2O3/c1-28-24(18-21-14-15-22-11-6-7-12-23(22)17-21)27(32)29(2)25(26(31)13-8-16-30)19-20-9-4-3-5-10-20/h3-7,9-12,14-15,17,24-25,28,30H,8,13,16,18-19H2,1-2H3/t24-,25-/m1/s1. The molecule has 2 N–H and O–H groups in total. The van der Waals surface area contributed by atoms with Crippen LogP contribution in [0.25, 0.3) is 10.8 Å². The van der Waals surface area contributed by atoms with Crippen LogP contribution in [0.4, 0.5) is 0 Å². The second kappa shape index (κ2) is 11.6. The lowest BCUT2D eigenvalue weighted by atomic mass is 9.96. The van der Waals surface area contributed by atoms with E-state index in [2.05, 4.69) is 29.6 Å². The van der Waals surface area contributed by atoms with Gasteiger partial charge in [-0.25, -0.2) is 0 Å². The van der Waals surface area contributed by atoms with Crippen molar-refractivity contribution in [1.29, 1.82) is 0 Å². The van der Waals surface area contributed by atoms with Crippen LogP contribution in [0.5, 0.6) is 0 Å². The van der Waals surface area contributed by atoms with Crippen LogP contribution in [0.1, 0.15) is 24.0 Å². The molecule has 0 heterocycles. The average Bonchev–Trinajstić information content (AvgIpc) is 2.84. The molecule has 0 unspecified atom stereocenters. The van der Waals surface area contributed by atoms with Crippen LogP contribution in [-0.2, 0) is 22.4 Å². The number of rotatable bonds is 11. The number of hydrogen-bond acceptors (Lipinski definition) is 4. The van der Waals surface area contributed by atoms with Crippen LogP contribution in [0.15, 0.2) is 72.8 Å². The van der Waals surface area contributed by atoms with Gasteiger partial charge in [-0.3, -0.25) is 9.59 Å². The Hall–Kier alpha value is -3.02. The lowest BCUT2D eigenvalue weighted by molar-refractivity contribution is -0.139. The zero-order valence-corrected chi connectivity index (χ0v) is 18.8. The number of amides is 1. The first kappa shape index (κ1) is 23.6. The number of fused-ring (bicyclic) bond motifs is 1. The number of hydrogen-bond donors (Lipinski definition) is 2. The van der Waals surface area contributed by atoms with Gasteiger partial charge in [-0.1, -0.05) is 72.8 Å². The summed E-state index contributed by atoms with van der Waals surface area (Å²) in [5.41, 5.74) is 2.07. The molecule has 0 saturated heterocycles. The molecule has 3 aromatic carbocycles. The molecule has 5 nitrogen and oxygen atoms in total. The van der Waals surface area contributed by atoms with Crippen molar-refractivity contribution in [3.05, 3.63) is 83.9 Å². The van der Waals surface area contributed by atoms with Gasteiger partial charge in [0.05, 0.1) is 12.1 Å². The minimum absolute atomic E-state index is 0.0284. The average molecular weight is 433 g/mol. The summed E-state index contributed by atoms with van der Waals surface area (Å²) >= 11 is 0. The van der Waals surface area contributed by atoms with Crippen molar-refractivity contribution in [2.75, 3.05) is 20.7 Å². The molecule has 0 spiro atoms. The number of aliphatic hydroxyl groups is 1. The molecule has 0 bridgehead atoms. The predicted octanol–water partition coefficient (Wildman–Crippen LogP) is 3.38. The summed E-state index contributed by atoms with van der Waals surface area (Å²) in [6.07, 6.45) is 1.65. The van der Waals surface area contributed by atoms with Crippen LogP contribution < -0.4 is 5.32 Å². The van der Waals surface area contributed by atoms with Gasteiger partial charge in [0, 0.05) is 20.1 Å². The Morgan fingerprint density at radius 1 is 0.906 bits per heavy atom. The molecule has 3 rings (SSSR count). The van der Waals surface area contributed by atoms with Crippen molar-refractivity contribution in [3.63, 3.8) is 0 Å². The third kappa shape index (κ3) is 6.02. The van der Waals surface area contributed by atoms with Gasteiger partial charge in [-0.2, -0.15) is 0 Å². The van der Waals surface area contributed by atoms with Crippen molar-refractivity contribution >= 4 is 22.5 Å². The first-order valence-corrected chi connectivity index (χ1v) is 11.1. The molecule has 3 aromatic rings. The highest BCUT2D eigenvalue weighted by molar-refractivity contribution is 5.91. The maximum Gasteiger partial charge on any atom is 0.240 e. The van der Waals surface area contributed by atoms with Crippen LogP contribution in [0, 0.1) is 0 Å². The van der Waals surface area contributed by atoms with Crippen molar-refractivity contribution < 1.29 is 14.7 Å². The minimum atomic E-state index is -0.566. The predicted molar refractivity (Wildman–Crippen MR) is 129 cm³/mol. The summed E-state index contributed by atoms with van der Waals surface area (Å²) in [5, 5.41) is 14.6. The fraction of sp³-hybridized carbons (Fsp3) is 0.333.